The summed E-state index contributed by atoms with van der Waals surface area (Å²) < 4.78 is 0. The predicted molar refractivity (Wildman–Crippen MR) is 97.1 cm³/mol. The smallest absolute Gasteiger partial charge is 0.193 e. The monoisotopic (exact) mass is 402 g/mol. The van der Waals surface area contributed by atoms with Crippen LogP contribution in [0.2, 0.25) is 0 Å². The van der Waals surface area contributed by atoms with Gasteiger partial charge in [-0.15, -0.1) is 35.3 Å². The Kier molecular flexibility index (Phi) is 6.41. The Bertz CT molecular complexity index is 587. The first-order valence-electron chi connectivity index (χ1n) is 6.11. The van der Waals surface area contributed by atoms with Crippen LogP contribution in [0.5, 0.6) is 0 Å². The largest absolute Gasteiger partial charge is 0.370 e. The van der Waals surface area contributed by atoms with Crippen LogP contribution in [0, 0.1) is 20.8 Å². The molecule has 1 aromatic heterocycles. The molecular formula is C14H19IN4S. The molecule has 3 N–H and O–H groups in total. The van der Waals surface area contributed by atoms with E-state index in [4.69, 9.17) is 5.73 Å². The minimum Gasteiger partial charge on any atom is -0.370 e. The van der Waals surface area contributed by atoms with Gasteiger partial charge in [0.1, 0.15) is 5.01 Å². The maximum Gasteiger partial charge on any atom is 0.193 e. The van der Waals surface area contributed by atoms with Crippen molar-refractivity contribution in [1.29, 1.82) is 0 Å². The Balaban J connectivity index is 0.00000200. The minimum atomic E-state index is 0. The molecule has 4 nitrogen and oxygen atoms in total. The molecule has 2 rings (SSSR count). The molecule has 0 fully saturated rings. The molecule has 0 aliphatic heterocycles. The third-order valence-corrected chi connectivity index (χ3v) is 3.81. The van der Waals surface area contributed by atoms with E-state index in [9.17, 15) is 0 Å². The van der Waals surface area contributed by atoms with Crippen LogP contribution in [0.4, 0.5) is 5.69 Å². The normalized spacial score (nSPS) is 11.1. The fourth-order valence-electron chi connectivity index (χ4n) is 1.67. The second-order valence-corrected chi connectivity index (χ2v) is 5.73. The van der Waals surface area contributed by atoms with Crippen LogP contribution in [0.15, 0.2) is 29.3 Å². The molecule has 20 heavy (non-hydrogen) atoms. The summed E-state index contributed by atoms with van der Waals surface area (Å²) in [4.78, 5) is 9.97. The Hall–Kier alpha value is -1.15. The molecule has 0 saturated carbocycles. The number of rotatable bonds is 3. The molecule has 0 atom stereocenters. The highest BCUT2D eigenvalue weighted by molar-refractivity contribution is 14.0. The summed E-state index contributed by atoms with van der Waals surface area (Å²) in [5.74, 6) is 0.413. The fourth-order valence-corrected chi connectivity index (χ4v) is 2.53. The number of nitrogens with two attached hydrogens (primary N) is 1. The van der Waals surface area contributed by atoms with Crippen molar-refractivity contribution in [2.45, 2.75) is 27.3 Å². The Labute approximate surface area is 140 Å². The number of guanidine groups is 1. The average Bonchev–Trinajstić information content (AvgIpc) is 2.66. The van der Waals surface area contributed by atoms with Crippen molar-refractivity contribution < 1.29 is 0 Å². The number of nitrogens with one attached hydrogen (secondary N) is 1. The van der Waals surface area contributed by atoms with Gasteiger partial charge in [0.25, 0.3) is 0 Å². The van der Waals surface area contributed by atoms with Crippen molar-refractivity contribution in [2.24, 2.45) is 10.7 Å². The summed E-state index contributed by atoms with van der Waals surface area (Å²) in [6.07, 6.45) is 0. The molecule has 0 amide bonds. The van der Waals surface area contributed by atoms with E-state index in [0.717, 1.165) is 16.4 Å². The first kappa shape index (κ1) is 16.9. The molecule has 0 bridgehead atoms. The van der Waals surface area contributed by atoms with Crippen molar-refractivity contribution in [3.8, 4) is 0 Å². The van der Waals surface area contributed by atoms with E-state index in [1.165, 1.54) is 10.4 Å². The first-order valence-corrected chi connectivity index (χ1v) is 6.93. The third kappa shape index (κ3) is 4.75. The summed E-state index contributed by atoms with van der Waals surface area (Å²) in [7, 11) is 0. The average molecular weight is 402 g/mol. The van der Waals surface area contributed by atoms with Crippen LogP contribution < -0.4 is 11.1 Å². The number of aliphatic imine (C=N–C) groups is 1. The van der Waals surface area contributed by atoms with Crippen molar-refractivity contribution in [3.05, 3.63) is 45.4 Å². The van der Waals surface area contributed by atoms with Gasteiger partial charge in [0.15, 0.2) is 5.96 Å². The number of anilines is 1. The van der Waals surface area contributed by atoms with E-state index in [1.54, 1.807) is 11.3 Å². The maximum atomic E-state index is 5.86. The zero-order chi connectivity index (χ0) is 13.8. The van der Waals surface area contributed by atoms with Gasteiger partial charge in [0.05, 0.1) is 12.2 Å². The van der Waals surface area contributed by atoms with Gasteiger partial charge in [-0.25, -0.2) is 9.98 Å². The van der Waals surface area contributed by atoms with Crippen LogP contribution in [0.25, 0.3) is 0 Å². The molecular weight excluding hydrogens is 383 g/mol. The highest BCUT2D eigenvalue weighted by Crippen LogP contribution is 2.17. The minimum absolute atomic E-state index is 0. The van der Waals surface area contributed by atoms with Crippen molar-refractivity contribution in [3.63, 3.8) is 0 Å². The molecule has 1 heterocycles. The molecule has 2 aromatic rings. The molecule has 0 unspecified atom stereocenters. The van der Waals surface area contributed by atoms with Crippen LogP contribution in [-0.2, 0) is 6.54 Å². The Morgan fingerprint density at radius 2 is 2.10 bits per heavy atom. The van der Waals surface area contributed by atoms with Crippen LogP contribution in [-0.4, -0.2) is 10.9 Å². The quantitative estimate of drug-likeness (QED) is 0.469. The zero-order valence-corrected chi connectivity index (χ0v) is 15.0. The topological polar surface area (TPSA) is 63.3 Å². The van der Waals surface area contributed by atoms with Gasteiger partial charge in [-0.1, -0.05) is 12.1 Å². The Morgan fingerprint density at radius 3 is 2.70 bits per heavy atom. The highest BCUT2D eigenvalue weighted by Gasteiger charge is 2.03. The number of halogens is 1. The van der Waals surface area contributed by atoms with Gasteiger partial charge >= 0.3 is 0 Å². The van der Waals surface area contributed by atoms with E-state index in [1.807, 2.05) is 38.1 Å². The standard InChI is InChI=1S/C14H18N4S.HI/c1-9-5-4-6-12(7-9)18-14(15)16-8-13-17-10(2)11(3)19-13;/h4-7H,8H2,1-3H3,(H3,15,16,18);1H. The van der Waals surface area contributed by atoms with Crippen LogP contribution in [0.1, 0.15) is 21.1 Å². The summed E-state index contributed by atoms with van der Waals surface area (Å²) in [6.45, 7) is 6.63. The molecule has 1 aromatic carbocycles. The van der Waals surface area contributed by atoms with Crippen molar-refractivity contribution in [2.75, 3.05) is 5.32 Å². The molecule has 0 saturated heterocycles. The molecule has 0 aliphatic carbocycles. The molecule has 0 spiro atoms. The number of aryl methyl sites for hydroxylation is 3. The van der Waals surface area contributed by atoms with Crippen molar-refractivity contribution in [1.82, 2.24) is 4.98 Å². The van der Waals surface area contributed by atoms with Gasteiger partial charge in [0.2, 0.25) is 0 Å². The summed E-state index contributed by atoms with van der Waals surface area (Å²) in [5.41, 5.74) is 9.07. The van der Waals surface area contributed by atoms with Crippen LogP contribution >= 0.6 is 35.3 Å². The van der Waals surface area contributed by atoms with E-state index in [0.29, 0.717) is 12.5 Å². The van der Waals surface area contributed by atoms with Crippen LogP contribution in [0.3, 0.4) is 0 Å². The van der Waals surface area contributed by atoms with E-state index >= 15 is 0 Å². The zero-order valence-electron chi connectivity index (χ0n) is 11.8. The number of benzene rings is 1. The van der Waals surface area contributed by atoms with Gasteiger partial charge in [-0.2, -0.15) is 0 Å². The predicted octanol–water partition coefficient (Wildman–Crippen LogP) is 3.61. The van der Waals surface area contributed by atoms with Gasteiger partial charge < -0.3 is 11.1 Å². The van der Waals surface area contributed by atoms with Gasteiger partial charge in [-0.05, 0) is 38.5 Å². The summed E-state index contributed by atoms with van der Waals surface area (Å²) in [5, 5.41) is 4.07. The van der Waals surface area contributed by atoms with Crippen molar-refractivity contribution >= 4 is 47.0 Å². The SMILES string of the molecule is Cc1cccc(NC(N)=NCc2nc(C)c(C)s2)c1.I. The van der Waals surface area contributed by atoms with E-state index in [2.05, 4.69) is 22.2 Å². The van der Waals surface area contributed by atoms with Gasteiger partial charge in [0, 0.05) is 10.6 Å². The Morgan fingerprint density at radius 1 is 1.35 bits per heavy atom. The number of thiazole rings is 1. The van der Waals surface area contributed by atoms with E-state index in [-0.39, 0.29) is 24.0 Å². The number of nitrogens with zero attached hydrogens (tertiary/aromatic N) is 2. The number of hydrogen-bond acceptors (Lipinski definition) is 3. The second kappa shape index (κ2) is 7.58. The lowest BCUT2D eigenvalue weighted by Crippen LogP contribution is -2.22. The molecule has 108 valence electrons. The lowest BCUT2D eigenvalue weighted by Gasteiger charge is -2.05. The molecule has 0 radical (unpaired) electrons. The lowest BCUT2D eigenvalue weighted by molar-refractivity contribution is 1.01. The summed E-state index contributed by atoms with van der Waals surface area (Å²) >= 11 is 1.66. The molecule has 6 heteroatoms. The van der Waals surface area contributed by atoms with Gasteiger partial charge in [-0.3, -0.25) is 0 Å². The molecule has 0 aliphatic rings. The lowest BCUT2D eigenvalue weighted by atomic mass is 10.2. The fraction of sp³-hybridized carbons (Fsp3) is 0.286. The number of aromatic nitrogens is 1. The first-order chi connectivity index (χ1) is 9.04. The summed E-state index contributed by atoms with van der Waals surface area (Å²) in [6, 6.07) is 8.02. The third-order valence-electron chi connectivity index (χ3n) is 2.75. The maximum absolute atomic E-state index is 5.86. The second-order valence-electron chi connectivity index (χ2n) is 4.45. The highest BCUT2D eigenvalue weighted by atomic mass is 127. The van der Waals surface area contributed by atoms with E-state index < -0.39 is 0 Å². The number of hydrogen-bond donors (Lipinski definition) is 2.